The maximum Gasteiger partial charge on any atom is 0.114 e. The minimum absolute atomic E-state index is 0.662. The maximum atomic E-state index is 8.85. The minimum atomic E-state index is -0.662. The van der Waals surface area contributed by atoms with Crippen molar-refractivity contribution in [2.24, 2.45) is 5.73 Å². The summed E-state index contributed by atoms with van der Waals surface area (Å²) in [7, 11) is 0. The second kappa shape index (κ2) is 2.97. The van der Waals surface area contributed by atoms with Crippen molar-refractivity contribution in [1.82, 2.24) is 4.90 Å². The third kappa shape index (κ3) is 1.56. The fraction of sp³-hybridized carbons (Fsp3) is 0.900. The first-order chi connectivity index (χ1) is 6.12. The molecule has 0 saturated carbocycles. The van der Waals surface area contributed by atoms with Crippen molar-refractivity contribution in [2.75, 3.05) is 6.54 Å². The highest BCUT2D eigenvalue weighted by Gasteiger charge is 2.41. The van der Waals surface area contributed by atoms with E-state index in [2.05, 4.69) is 11.0 Å². The average Bonchev–Trinajstić information content (AvgIpc) is 2.65. The molecule has 1 unspecified atom stereocenters. The van der Waals surface area contributed by atoms with Gasteiger partial charge < -0.3 is 5.73 Å². The normalized spacial score (nSPS) is 37.3. The standard InChI is InChI=1S/C10H17N3/c1-10(12,6-11)7-13-8-2-3-9(13)5-4-8/h8-9H,2-5,7,12H2,1H3. The van der Waals surface area contributed by atoms with Crippen molar-refractivity contribution in [1.29, 1.82) is 5.26 Å². The smallest absolute Gasteiger partial charge is 0.114 e. The first-order valence-corrected chi connectivity index (χ1v) is 5.08. The first kappa shape index (κ1) is 8.98. The lowest BCUT2D eigenvalue weighted by molar-refractivity contribution is 0.221. The average molecular weight is 179 g/mol. The molecule has 0 aromatic heterocycles. The van der Waals surface area contributed by atoms with Crippen LogP contribution in [0, 0.1) is 11.3 Å². The molecule has 2 N–H and O–H groups in total. The van der Waals surface area contributed by atoms with Gasteiger partial charge in [-0.25, -0.2) is 0 Å². The molecule has 0 spiro atoms. The predicted octanol–water partition coefficient (Wildman–Crippen LogP) is 0.854. The Hall–Kier alpha value is -0.590. The number of nitrogens with two attached hydrogens (primary N) is 1. The Balaban J connectivity index is 2.00. The zero-order valence-corrected chi connectivity index (χ0v) is 8.16. The molecule has 0 radical (unpaired) electrons. The summed E-state index contributed by atoms with van der Waals surface area (Å²) in [5.74, 6) is 0. The predicted molar refractivity (Wildman–Crippen MR) is 51.0 cm³/mol. The van der Waals surface area contributed by atoms with Gasteiger partial charge >= 0.3 is 0 Å². The van der Waals surface area contributed by atoms with E-state index in [0.29, 0.717) is 0 Å². The lowest BCUT2D eigenvalue weighted by Gasteiger charge is -2.27. The maximum absolute atomic E-state index is 8.85. The quantitative estimate of drug-likeness (QED) is 0.684. The summed E-state index contributed by atoms with van der Waals surface area (Å²) >= 11 is 0. The highest BCUT2D eigenvalue weighted by Crippen LogP contribution is 2.37. The Morgan fingerprint density at radius 3 is 2.23 bits per heavy atom. The van der Waals surface area contributed by atoms with Crippen molar-refractivity contribution in [2.45, 2.75) is 50.2 Å². The van der Waals surface area contributed by atoms with Crippen LogP contribution in [-0.4, -0.2) is 29.1 Å². The van der Waals surface area contributed by atoms with Gasteiger partial charge in [-0.15, -0.1) is 0 Å². The van der Waals surface area contributed by atoms with Gasteiger partial charge in [-0.05, 0) is 32.6 Å². The minimum Gasteiger partial charge on any atom is -0.313 e. The number of nitriles is 1. The van der Waals surface area contributed by atoms with Gasteiger partial charge in [0.2, 0.25) is 0 Å². The van der Waals surface area contributed by atoms with E-state index in [0.717, 1.165) is 18.6 Å². The molecule has 0 amide bonds. The summed E-state index contributed by atoms with van der Waals surface area (Å²) in [5.41, 5.74) is 5.18. The molecular weight excluding hydrogens is 162 g/mol. The first-order valence-electron chi connectivity index (χ1n) is 5.08. The van der Waals surface area contributed by atoms with Crippen LogP contribution in [0.3, 0.4) is 0 Å². The molecule has 0 aliphatic carbocycles. The van der Waals surface area contributed by atoms with Gasteiger partial charge in [0.15, 0.2) is 0 Å². The summed E-state index contributed by atoms with van der Waals surface area (Å²) in [6, 6.07) is 3.62. The molecule has 3 nitrogen and oxygen atoms in total. The molecule has 2 heterocycles. The molecule has 2 saturated heterocycles. The van der Waals surface area contributed by atoms with Gasteiger partial charge in [-0.2, -0.15) is 5.26 Å². The number of fused-ring (bicyclic) bond motifs is 2. The molecule has 2 aliphatic heterocycles. The Morgan fingerprint density at radius 1 is 1.38 bits per heavy atom. The van der Waals surface area contributed by atoms with Crippen molar-refractivity contribution in [3.05, 3.63) is 0 Å². The van der Waals surface area contributed by atoms with Crippen LogP contribution in [0.4, 0.5) is 0 Å². The van der Waals surface area contributed by atoms with Crippen LogP contribution in [0.1, 0.15) is 32.6 Å². The topological polar surface area (TPSA) is 53.1 Å². The van der Waals surface area contributed by atoms with E-state index >= 15 is 0 Å². The highest BCUT2D eigenvalue weighted by molar-refractivity contribution is 5.07. The van der Waals surface area contributed by atoms with Crippen molar-refractivity contribution < 1.29 is 0 Å². The molecule has 1 atom stereocenters. The van der Waals surface area contributed by atoms with E-state index in [1.807, 2.05) is 6.92 Å². The fourth-order valence-electron chi connectivity index (χ4n) is 2.69. The van der Waals surface area contributed by atoms with Gasteiger partial charge in [0.25, 0.3) is 0 Å². The van der Waals surface area contributed by atoms with E-state index in [1.54, 1.807) is 0 Å². The Kier molecular flexibility index (Phi) is 2.05. The van der Waals surface area contributed by atoms with Crippen molar-refractivity contribution in [3.8, 4) is 6.07 Å². The van der Waals surface area contributed by atoms with Gasteiger partial charge in [0.1, 0.15) is 5.54 Å². The van der Waals surface area contributed by atoms with Gasteiger partial charge in [-0.3, -0.25) is 4.90 Å². The number of hydrogen-bond acceptors (Lipinski definition) is 3. The van der Waals surface area contributed by atoms with Crippen LogP contribution in [0.25, 0.3) is 0 Å². The number of rotatable bonds is 2. The monoisotopic (exact) mass is 179 g/mol. The summed E-state index contributed by atoms with van der Waals surface area (Å²) in [6.45, 7) is 2.57. The van der Waals surface area contributed by atoms with Gasteiger partial charge in [0.05, 0.1) is 6.07 Å². The summed E-state index contributed by atoms with van der Waals surface area (Å²) in [5, 5.41) is 8.85. The van der Waals surface area contributed by atoms with Crippen molar-refractivity contribution >= 4 is 0 Å². The van der Waals surface area contributed by atoms with E-state index in [9.17, 15) is 0 Å². The molecular formula is C10H17N3. The summed E-state index contributed by atoms with van der Waals surface area (Å²) in [4.78, 5) is 2.45. The van der Waals surface area contributed by atoms with Crippen LogP contribution < -0.4 is 5.73 Å². The van der Waals surface area contributed by atoms with Crippen LogP contribution in [0.2, 0.25) is 0 Å². The summed E-state index contributed by atoms with van der Waals surface area (Å²) in [6.07, 6.45) is 5.25. The highest BCUT2D eigenvalue weighted by atomic mass is 15.2. The molecule has 3 heteroatoms. The van der Waals surface area contributed by atoms with E-state index < -0.39 is 5.54 Å². The lowest BCUT2D eigenvalue weighted by Crippen LogP contribution is -2.48. The molecule has 0 aromatic carbocycles. The number of nitrogens with zero attached hydrogens (tertiary/aromatic N) is 2. The third-order valence-corrected chi connectivity index (χ3v) is 3.37. The fourth-order valence-corrected chi connectivity index (χ4v) is 2.69. The molecule has 2 bridgehead atoms. The largest absolute Gasteiger partial charge is 0.313 e. The second-order valence-corrected chi connectivity index (χ2v) is 4.66. The van der Waals surface area contributed by atoms with Crippen LogP contribution in [0.5, 0.6) is 0 Å². The van der Waals surface area contributed by atoms with Crippen LogP contribution in [-0.2, 0) is 0 Å². The Labute approximate surface area is 79.5 Å². The molecule has 13 heavy (non-hydrogen) atoms. The Morgan fingerprint density at radius 2 is 1.85 bits per heavy atom. The van der Waals surface area contributed by atoms with Crippen LogP contribution >= 0.6 is 0 Å². The number of hydrogen-bond donors (Lipinski definition) is 1. The zero-order valence-electron chi connectivity index (χ0n) is 8.16. The van der Waals surface area contributed by atoms with Crippen molar-refractivity contribution in [3.63, 3.8) is 0 Å². The zero-order chi connectivity index (χ0) is 9.47. The summed E-state index contributed by atoms with van der Waals surface area (Å²) < 4.78 is 0. The molecule has 72 valence electrons. The second-order valence-electron chi connectivity index (χ2n) is 4.66. The van der Waals surface area contributed by atoms with E-state index in [4.69, 9.17) is 11.0 Å². The molecule has 2 fully saturated rings. The van der Waals surface area contributed by atoms with E-state index in [-0.39, 0.29) is 0 Å². The van der Waals surface area contributed by atoms with Gasteiger partial charge in [0, 0.05) is 18.6 Å². The lowest BCUT2D eigenvalue weighted by atomic mass is 10.0. The Bertz CT molecular complexity index is 221. The third-order valence-electron chi connectivity index (χ3n) is 3.37. The molecule has 2 rings (SSSR count). The van der Waals surface area contributed by atoms with E-state index in [1.165, 1.54) is 25.7 Å². The SMILES string of the molecule is CC(N)(C#N)CN1C2CCC1CC2. The molecule has 2 aliphatic rings. The van der Waals surface area contributed by atoms with Gasteiger partial charge in [-0.1, -0.05) is 0 Å². The van der Waals surface area contributed by atoms with Crippen LogP contribution in [0.15, 0.2) is 0 Å². The molecule has 0 aromatic rings.